The predicted octanol–water partition coefficient (Wildman–Crippen LogP) is 2.60. The molecule has 3 rings (SSSR count). The second-order valence-corrected chi connectivity index (χ2v) is 8.96. The molecule has 1 aliphatic heterocycles. The molecule has 2 aromatic rings. The van der Waals surface area contributed by atoms with E-state index in [1.165, 1.54) is 15.6 Å². The molecule has 1 aromatic carbocycles. The summed E-state index contributed by atoms with van der Waals surface area (Å²) in [6.07, 6.45) is 3.37. The molecule has 1 fully saturated rings. The number of carbonyl (C=O) groups excluding carboxylic acids is 1. The van der Waals surface area contributed by atoms with Crippen molar-refractivity contribution < 1.29 is 13.2 Å². The highest BCUT2D eigenvalue weighted by atomic mass is 32.2. The molecule has 0 saturated carbocycles. The number of piperazine rings is 1. The standard InChI is InChI=1S/C18H20N2O3S2/c1-15-5-2-3-6-16(15)8-9-17(21)19-10-12-20(13-11-19)25(22,23)18-7-4-14-24-18/h2-9,14H,10-13H2,1H3/b9-8+. The fraction of sp³-hybridized carbons (Fsp3) is 0.278. The maximum absolute atomic E-state index is 12.5. The number of carbonyl (C=O) groups is 1. The van der Waals surface area contributed by atoms with E-state index in [2.05, 4.69) is 0 Å². The van der Waals surface area contributed by atoms with Crippen LogP contribution in [0.4, 0.5) is 0 Å². The van der Waals surface area contributed by atoms with E-state index in [0.29, 0.717) is 30.4 Å². The lowest BCUT2D eigenvalue weighted by Gasteiger charge is -2.33. The average molecular weight is 377 g/mol. The normalized spacial score (nSPS) is 16.4. The van der Waals surface area contributed by atoms with Gasteiger partial charge in [-0.3, -0.25) is 4.79 Å². The smallest absolute Gasteiger partial charge is 0.252 e. The minimum atomic E-state index is -3.43. The Kier molecular flexibility index (Phi) is 5.36. The molecular weight excluding hydrogens is 356 g/mol. The summed E-state index contributed by atoms with van der Waals surface area (Å²) < 4.78 is 26.8. The molecule has 2 heterocycles. The van der Waals surface area contributed by atoms with Crippen molar-refractivity contribution in [3.8, 4) is 0 Å². The number of thiophene rings is 1. The Morgan fingerprint density at radius 3 is 2.44 bits per heavy atom. The molecule has 0 atom stereocenters. The summed E-state index contributed by atoms with van der Waals surface area (Å²) >= 11 is 1.22. The van der Waals surface area contributed by atoms with Gasteiger partial charge in [0.05, 0.1) is 0 Å². The minimum Gasteiger partial charge on any atom is -0.337 e. The van der Waals surface area contributed by atoms with Crippen LogP contribution in [-0.2, 0) is 14.8 Å². The summed E-state index contributed by atoms with van der Waals surface area (Å²) in [5.41, 5.74) is 2.12. The van der Waals surface area contributed by atoms with Gasteiger partial charge in [0.1, 0.15) is 4.21 Å². The molecular formula is C18H20N2O3S2. The summed E-state index contributed by atoms with van der Waals surface area (Å²) in [6, 6.07) is 11.2. The molecule has 1 saturated heterocycles. The Bertz CT molecular complexity index is 865. The first-order chi connectivity index (χ1) is 12.0. The molecule has 0 unspecified atom stereocenters. The quantitative estimate of drug-likeness (QED) is 0.771. The largest absolute Gasteiger partial charge is 0.337 e. The second-order valence-electron chi connectivity index (χ2n) is 5.85. The number of aryl methyl sites for hydroxylation is 1. The van der Waals surface area contributed by atoms with Crippen LogP contribution in [0, 0.1) is 6.92 Å². The molecule has 1 aliphatic rings. The first kappa shape index (κ1) is 17.8. The summed E-state index contributed by atoms with van der Waals surface area (Å²) in [6.45, 7) is 3.45. The topological polar surface area (TPSA) is 57.7 Å². The van der Waals surface area contributed by atoms with Gasteiger partial charge in [0.2, 0.25) is 5.91 Å². The Labute approximate surface area is 152 Å². The van der Waals surface area contributed by atoms with E-state index >= 15 is 0 Å². The van der Waals surface area contributed by atoms with Gasteiger partial charge in [-0.1, -0.05) is 30.3 Å². The third-order valence-electron chi connectivity index (χ3n) is 4.23. The molecule has 7 heteroatoms. The van der Waals surface area contributed by atoms with E-state index in [0.717, 1.165) is 11.1 Å². The molecule has 0 spiro atoms. The van der Waals surface area contributed by atoms with E-state index < -0.39 is 10.0 Å². The van der Waals surface area contributed by atoms with Crippen LogP contribution in [0.25, 0.3) is 6.08 Å². The maximum Gasteiger partial charge on any atom is 0.252 e. The number of sulfonamides is 1. The molecule has 132 valence electrons. The zero-order valence-corrected chi connectivity index (χ0v) is 15.6. The molecule has 0 radical (unpaired) electrons. The van der Waals surface area contributed by atoms with Gasteiger partial charge in [0.15, 0.2) is 0 Å². The molecule has 1 aromatic heterocycles. The Morgan fingerprint density at radius 2 is 1.80 bits per heavy atom. The van der Waals surface area contributed by atoms with E-state index in [9.17, 15) is 13.2 Å². The first-order valence-corrected chi connectivity index (χ1v) is 10.4. The number of hydrogen-bond acceptors (Lipinski definition) is 4. The van der Waals surface area contributed by atoms with Crippen molar-refractivity contribution in [3.05, 3.63) is 59.0 Å². The molecule has 25 heavy (non-hydrogen) atoms. The highest BCUT2D eigenvalue weighted by Crippen LogP contribution is 2.22. The molecule has 0 aliphatic carbocycles. The Balaban J connectivity index is 1.61. The lowest BCUT2D eigenvalue weighted by atomic mass is 10.1. The van der Waals surface area contributed by atoms with E-state index in [-0.39, 0.29) is 5.91 Å². The van der Waals surface area contributed by atoms with Crippen molar-refractivity contribution >= 4 is 33.3 Å². The van der Waals surface area contributed by atoms with Crippen LogP contribution in [0.5, 0.6) is 0 Å². The van der Waals surface area contributed by atoms with Gasteiger partial charge < -0.3 is 4.90 Å². The number of rotatable bonds is 4. The van der Waals surface area contributed by atoms with E-state index in [4.69, 9.17) is 0 Å². The van der Waals surface area contributed by atoms with Crippen molar-refractivity contribution in [2.24, 2.45) is 0 Å². The Hall–Kier alpha value is -1.96. The molecule has 0 bridgehead atoms. The fourth-order valence-electron chi connectivity index (χ4n) is 2.73. The van der Waals surface area contributed by atoms with Gasteiger partial charge in [-0.25, -0.2) is 8.42 Å². The van der Waals surface area contributed by atoms with Crippen LogP contribution < -0.4 is 0 Å². The monoisotopic (exact) mass is 376 g/mol. The summed E-state index contributed by atoms with van der Waals surface area (Å²) in [7, 11) is -3.43. The second kappa shape index (κ2) is 7.51. The van der Waals surface area contributed by atoms with Gasteiger partial charge in [-0.2, -0.15) is 4.31 Å². The van der Waals surface area contributed by atoms with Gasteiger partial charge in [0, 0.05) is 32.3 Å². The third-order valence-corrected chi connectivity index (χ3v) is 7.51. The van der Waals surface area contributed by atoms with Crippen molar-refractivity contribution in [1.29, 1.82) is 0 Å². The van der Waals surface area contributed by atoms with Crippen molar-refractivity contribution in [2.45, 2.75) is 11.1 Å². The van der Waals surface area contributed by atoms with Crippen LogP contribution in [0.1, 0.15) is 11.1 Å². The molecule has 5 nitrogen and oxygen atoms in total. The maximum atomic E-state index is 12.5. The summed E-state index contributed by atoms with van der Waals surface area (Å²) in [5, 5.41) is 1.75. The van der Waals surface area contributed by atoms with Crippen LogP contribution in [0.15, 0.2) is 52.1 Å². The molecule has 0 N–H and O–H groups in total. The zero-order chi connectivity index (χ0) is 17.9. The van der Waals surface area contributed by atoms with Gasteiger partial charge in [-0.15, -0.1) is 11.3 Å². The predicted molar refractivity (Wildman–Crippen MR) is 99.9 cm³/mol. The zero-order valence-electron chi connectivity index (χ0n) is 14.0. The van der Waals surface area contributed by atoms with Crippen molar-refractivity contribution in [2.75, 3.05) is 26.2 Å². The minimum absolute atomic E-state index is 0.0866. The van der Waals surface area contributed by atoms with E-state index in [1.54, 1.807) is 28.5 Å². The lowest BCUT2D eigenvalue weighted by Crippen LogP contribution is -2.50. The summed E-state index contributed by atoms with van der Waals surface area (Å²) in [5.74, 6) is -0.0866. The van der Waals surface area contributed by atoms with Crippen LogP contribution >= 0.6 is 11.3 Å². The van der Waals surface area contributed by atoms with Crippen molar-refractivity contribution in [3.63, 3.8) is 0 Å². The van der Waals surface area contributed by atoms with Crippen LogP contribution in [-0.4, -0.2) is 49.7 Å². The van der Waals surface area contributed by atoms with Gasteiger partial charge >= 0.3 is 0 Å². The number of nitrogens with zero attached hydrogens (tertiary/aromatic N) is 2. The third kappa shape index (κ3) is 4.00. The lowest BCUT2D eigenvalue weighted by molar-refractivity contribution is -0.127. The van der Waals surface area contributed by atoms with Crippen LogP contribution in [0.2, 0.25) is 0 Å². The fourth-order valence-corrected chi connectivity index (χ4v) is 5.29. The van der Waals surface area contributed by atoms with Crippen molar-refractivity contribution in [1.82, 2.24) is 9.21 Å². The first-order valence-electron chi connectivity index (χ1n) is 8.05. The highest BCUT2D eigenvalue weighted by Gasteiger charge is 2.30. The van der Waals surface area contributed by atoms with E-state index in [1.807, 2.05) is 37.3 Å². The van der Waals surface area contributed by atoms with Crippen LogP contribution in [0.3, 0.4) is 0 Å². The van der Waals surface area contributed by atoms with Gasteiger partial charge in [-0.05, 0) is 35.6 Å². The molecule has 1 amide bonds. The highest BCUT2D eigenvalue weighted by molar-refractivity contribution is 7.91. The Morgan fingerprint density at radius 1 is 1.08 bits per heavy atom. The SMILES string of the molecule is Cc1ccccc1/C=C/C(=O)N1CCN(S(=O)(=O)c2cccs2)CC1. The summed E-state index contributed by atoms with van der Waals surface area (Å²) in [4.78, 5) is 14.0. The number of amides is 1. The number of hydrogen-bond donors (Lipinski definition) is 0. The van der Waals surface area contributed by atoms with Gasteiger partial charge in [0.25, 0.3) is 10.0 Å². The average Bonchev–Trinajstić information content (AvgIpc) is 3.16. The number of benzene rings is 1.